The second-order valence-corrected chi connectivity index (χ2v) is 6.56. The minimum atomic E-state index is -0.632. The van der Waals surface area contributed by atoms with E-state index in [1.165, 1.54) is 11.6 Å². The minimum Gasteiger partial charge on any atom is -0.389 e. The van der Waals surface area contributed by atoms with E-state index in [4.69, 9.17) is 0 Å². The van der Waals surface area contributed by atoms with Crippen molar-refractivity contribution in [2.75, 3.05) is 18.0 Å². The SMILES string of the molecule is CC(O)c1ccc(N2CC=C(C(C)(C)C)CC2)c(F)c1. The second kappa shape index (κ2) is 5.57. The molecule has 2 nitrogen and oxygen atoms in total. The molecule has 1 heterocycles. The molecule has 1 aromatic carbocycles. The molecule has 110 valence electrons. The van der Waals surface area contributed by atoms with Crippen molar-refractivity contribution in [1.82, 2.24) is 0 Å². The van der Waals surface area contributed by atoms with Gasteiger partial charge in [0.05, 0.1) is 11.8 Å². The van der Waals surface area contributed by atoms with Gasteiger partial charge in [-0.25, -0.2) is 4.39 Å². The molecule has 2 rings (SSSR count). The topological polar surface area (TPSA) is 23.5 Å². The summed E-state index contributed by atoms with van der Waals surface area (Å²) in [5.41, 5.74) is 2.88. The first-order valence-electron chi connectivity index (χ1n) is 7.21. The summed E-state index contributed by atoms with van der Waals surface area (Å²) >= 11 is 0. The summed E-state index contributed by atoms with van der Waals surface area (Å²) in [5, 5.41) is 9.48. The lowest BCUT2D eigenvalue weighted by Gasteiger charge is -2.33. The molecule has 1 aliphatic rings. The zero-order valence-electron chi connectivity index (χ0n) is 12.8. The first kappa shape index (κ1) is 15.0. The van der Waals surface area contributed by atoms with Crippen LogP contribution < -0.4 is 4.90 Å². The predicted molar refractivity (Wildman–Crippen MR) is 81.4 cm³/mol. The van der Waals surface area contributed by atoms with Gasteiger partial charge < -0.3 is 10.0 Å². The van der Waals surface area contributed by atoms with Gasteiger partial charge in [-0.05, 0) is 36.5 Å². The maximum absolute atomic E-state index is 14.2. The Morgan fingerprint density at radius 2 is 2.00 bits per heavy atom. The predicted octanol–water partition coefficient (Wildman–Crippen LogP) is 4.06. The Bertz CT molecular complexity index is 514. The van der Waals surface area contributed by atoms with E-state index in [1.54, 1.807) is 19.1 Å². The van der Waals surface area contributed by atoms with E-state index in [0.29, 0.717) is 11.3 Å². The molecule has 3 heteroatoms. The van der Waals surface area contributed by atoms with Crippen LogP contribution in [-0.2, 0) is 0 Å². The molecule has 0 saturated carbocycles. The lowest BCUT2D eigenvalue weighted by Crippen LogP contribution is -2.31. The van der Waals surface area contributed by atoms with Crippen molar-refractivity contribution in [1.29, 1.82) is 0 Å². The van der Waals surface area contributed by atoms with Crippen LogP contribution in [0.4, 0.5) is 10.1 Å². The van der Waals surface area contributed by atoms with Gasteiger partial charge in [0.15, 0.2) is 0 Å². The molecular formula is C17H24FNO. The lowest BCUT2D eigenvalue weighted by atomic mass is 9.83. The van der Waals surface area contributed by atoms with Gasteiger partial charge in [0.25, 0.3) is 0 Å². The summed E-state index contributed by atoms with van der Waals surface area (Å²) in [5.74, 6) is -0.254. The molecule has 1 atom stereocenters. The Morgan fingerprint density at radius 3 is 2.45 bits per heavy atom. The van der Waals surface area contributed by atoms with Crippen LogP contribution in [0.2, 0.25) is 0 Å². The monoisotopic (exact) mass is 277 g/mol. The number of rotatable bonds is 2. The molecule has 0 fully saturated rings. The third kappa shape index (κ3) is 3.21. The highest BCUT2D eigenvalue weighted by Gasteiger charge is 2.22. The zero-order valence-corrected chi connectivity index (χ0v) is 12.8. The van der Waals surface area contributed by atoms with Crippen LogP contribution in [0.5, 0.6) is 0 Å². The number of anilines is 1. The molecule has 1 aromatic rings. The smallest absolute Gasteiger partial charge is 0.146 e. The number of hydrogen-bond donors (Lipinski definition) is 1. The fourth-order valence-electron chi connectivity index (χ4n) is 2.61. The van der Waals surface area contributed by atoms with Crippen LogP contribution in [0.3, 0.4) is 0 Å². The van der Waals surface area contributed by atoms with E-state index >= 15 is 0 Å². The molecule has 0 saturated heterocycles. The highest BCUT2D eigenvalue weighted by atomic mass is 19.1. The largest absolute Gasteiger partial charge is 0.389 e. The Labute approximate surface area is 120 Å². The second-order valence-electron chi connectivity index (χ2n) is 6.56. The van der Waals surface area contributed by atoms with Crippen LogP contribution in [0.15, 0.2) is 29.8 Å². The van der Waals surface area contributed by atoms with Crippen LogP contribution in [0.25, 0.3) is 0 Å². The van der Waals surface area contributed by atoms with E-state index in [-0.39, 0.29) is 11.2 Å². The molecule has 0 aromatic heterocycles. The molecule has 0 radical (unpaired) electrons. The van der Waals surface area contributed by atoms with Gasteiger partial charge in [-0.1, -0.05) is 38.5 Å². The van der Waals surface area contributed by atoms with Crippen molar-refractivity contribution in [3.05, 3.63) is 41.2 Å². The van der Waals surface area contributed by atoms with Gasteiger partial charge in [-0.15, -0.1) is 0 Å². The highest BCUT2D eigenvalue weighted by molar-refractivity contribution is 5.51. The van der Waals surface area contributed by atoms with Gasteiger partial charge in [0, 0.05) is 13.1 Å². The quantitative estimate of drug-likeness (QED) is 0.824. The molecule has 0 bridgehead atoms. The van der Waals surface area contributed by atoms with Crippen molar-refractivity contribution in [3.63, 3.8) is 0 Å². The van der Waals surface area contributed by atoms with Gasteiger partial charge >= 0.3 is 0 Å². The van der Waals surface area contributed by atoms with E-state index in [1.807, 2.05) is 0 Å². The van der Waals surface area contributed by atoms with Gasteiger partial charge in [-0.3, -0.25) is 0 Å². The Hall–Kier alpha value is -1.35. The third-order valence-electron chi connectivity index (χ3n) is 3.97. The lowest BCUT2D eigenvalue weighted by molar-refractivity contribution is 0.199. The number of aliphatic hydroxyl groups excluding tert-OH is 1. The summed E-state index contributed by atoms with van der Waals surface area (Å²) < 4.78 is 14.2. The highest BCUT2D eigenvalue weighted by Crippen LogP contribution is 2.32. The van der Waals surface area contributed by atoms with Crippen LogP contribution in [-0.4, -0.2) is 18.2 Å². The molecule has 0 amide bonds. The zero-order chi connectivity index (χ0) is 14.9. The van der Waals surface area contributed by atoms with Crippen LogP contribution >= 0.6 is 0 Å². The van der Waals surface area contributed by atoms with Crippen molar-refractivity contribution in [3.8, 4) is 0 Å². The van der Waals surface area contributed by atoms with Crippen LogP contribution in [0.1, 0.15) is 45.8 Å². The number of nitrogens with zero attached hydrogens (tertiary/aromatic N) is 1. The van der Waals surface area contributed by atoms with Gasteiger partial charge in [0.1, 0.15) is 5.82 Å². The average molecular weight is 277 g/mol. The third-order valence-corrected chi connectivity index (χ3v) is 3.97. The van der Waals surface area contributed by atoms with Crippen molar-refractivity contribution >= 4 is 5.69 Å². The van der Waals surface area contributed by atoms with Crippen LogP contribution in [0, 0.1) is 11.2 Å². The maximum atomic E-state index is 14.2. The molecule has 0 aliphatic carbocycles. The van der Waals surface area contributed by atoms with Crippen molar-refractivity contribution in [2.45, 2.75) is 40.2 Å². The number of halogens is 1. The first-order chi connectivity index (χ1) is 9.29. The van der Waals surface area contributed by atoms with Crippen molar-refractivity contribution in [2.24, 2.45) is 5.41 Å². The molecule has 1 aliphatic heterocycles. The van der Waals surface area contributed by atoms with Crippen molar-refractivity contribution < 1.29 is 9.50 Å². The number of hydrogen-bond acceptors (Lipinski definition) is 2. The normalized spacial score (nSPS) is 17.9. The summed E-state index contributed by atoms with van der Waals surface area (Å²) in [7, 11) is 0. The Kier molecular flexibility index (Phi) is 4.19. The Balaban J connectivity index is 2.17. The molecule has 1 unspecified atom stereocenters. The van der Waals surface area contributed by atoms with E-state index in [9.17, 15) is 9.50 Å². The van der Waals surface area contributed by atoms with Gasteiger partial charge in [-0.2, -0.15) is 0 Å². The van der Waals surface area contributed by atoms with Gasteiger partial charge in [0.2, 0.25) is 0 Å². The number of benzene rings is 1. The molecule has 1 N–H and O–H groups in total. The Morgan fingerprint density at radius 1 is 1.30 bits per heavy atom. The average Bonchev–Trinajstić information content (AvgIpc) is 2.37. The maximum Gasteiger partial charge on any atom is 0.146 e. The molecule has 20 heavy (non-hydrogen) atoms. The standard InChI is InChI=1S/C17H24FNO/c1-12(20)13-5-6-16(15(18)11-13)19-9-7-14(8-10-19)17(2,3)4/h5-7,11-12,20H,8-10H2,1-4H3. The molecular weight excluding hydrogens is 253 g/mol. The number of aliphatic hydroxyl groups is 1. The molecule has 0 spiro atoms. The summed E-state index contributed by atoms with van der Waals surface area (Å²) in [4.78, 5) is 2.05. The summed E-state index contributed by atoms with van der Waals surface area (Å²) in [6, 6.07) is 5.00. The summed E-state index contributed by atoms with van der Waals surface area (Å²) in [6.45, 7) is 9.88. The minimum absolute atomic E-state index is 0.195. The fraction of sp³-hybridized carbons (Fsp3) is 0.529. The fourth-order valence-corrected chi connectivity index (χ4v) is 2.61. The van der Waals surface area contributed by atoms with E-state index in [0.717, 1.165) is 19.5 Å². The van der Waals surface area contributed by atoms with E-state index < -0.39 is 6.10 Å². The summed E-state index contributed by atoms with van der Waals surface area (Å²) in [6.07, 6.45) is 2.55. The van der Waals surface area contributed by atoms with E-state index in [2.05, 4.69) is 31.7 Å². The first-order valence-corrected chi connectivity index (χ1v) is 7.21.